The lowest BCUT2D eigenvalue weighted by Gasteiger charge is -2.10. The van der Waals surface area contributed by atoms with Crippen LogP contribution in [0.25, 0.3) is 0 Å². The summed E-state index contributed by atoms with van der Waals surface area (Å²) in [5, 5.41) is 0. The number of aryl methyl sites for hydroxylation is 1. The minimum absolute atomic E-state index is 0.831. The molecule has 0 spiro atoms. The van der Waals surface area contributed by atoms with Crippen molar-refractivity contribution in [2.75, 3.05) is 6.61 Å². The summed E-state index contributed by atoms with van der Waals surface area (Å²) in [4.78, 5) is 0. The van der Waals surface area contributed by atoms with Crippen molar-refractivity contribution in [2.24, 2.45) is 0 Å². The van der Waals surface area contributed by atoms with E-state index in [0.717, 1.165) is 37.2 Å². The van der Waals surface area contributed by atoms with E-state index in [9.17, 15) is 0 Å². The van der Waals surface area contributed by atoms with E-state index in [1.165, 1.54) is 134 Å². The second-order valence-corrected chi connectivity index (χ2v) is 10.8. The Morgan fingerprint density at radius 3 is 1.50 bits per heavy atom. The Hall–Kier alpha value is -1.42. The van der Waals surface area contributed by atoms with E-state index in [-0.39, 0.29) is 0 Å². The lowest BCUT2D eigenvalue weighted by Crippen LogP contribution is -1.99. The predicted molar refractivity (Wildman–Crippen MR) is 161 cm³/mol. The van der Waals surface area contributed by atoms with Crippen LogP contribution >= 0.6 is 0 Å². The summed E-state index contributed by atoms with van der Waals surface area (Å²) in [6.45, 7) is 7.53. The van der Waals surface area contributed by atoms with Gasteiger partial charge in [0.25, 0.3) is 0 Å². The maximum absolute atomic E-state index is 6.16. The lowest BCUT2D eigenvalue weighted by molar-refractivity contribution is 0.304. The number of hydrogen-bond donors (Lipinski definition) is 0. The maximum Gasteiger partial charge on any atom is 0.120 e. The molecule has 0 aromatic heterocycles. The molecule has 0 unspecified atom stereocenters. The Morgan fingerprint density at radius 2 is 1.00 bits per heavy atom. The molecule has 0 atom stereocenters. The number of ether oxygens (including phenoxy) is 1. The smallest absolute Gasteiger partial charge is 0.120 e. The summed E-state index contributed by atoms with van der Waals surface area (Å²) < 4.78 is 6.16. The third kappa shape index (κ3) is 19.7. The first-order valence-corrected chi connectivity index (χ1v) is 16.1. The zero-order valence-corrected chi connectivity index (χ0v) is 24.6. The van der Waals surface area contributed by atoms with Gasteiger partial charge in [-0.1, -0.05) is 155 Å². The maximum atomic E-state index is 6.16. The molecule has 0 heterocycles. The van der Waals surface area contributed by atoms with Gasteiger partial charge in [0.05, 0.1) is 6.61 Å². The Morgan fingerprint density at radius 1 is 0.528 bits per heavy atom. The van der Waals surface area contributed by atoms with Crippen LogP contribution in [0.4, 0.5) is 0 Å². The molecule has 0 bridgehead atoms. The van der Waals surface area contributed by atoms with Gasteiger partial charge >= 0.3 is 0 Å². The van der Waals surface area contributed by atoms with Crippen LogP contribution in [0.1, 0.15) is 173 Å². The van der Waals surface area contributed by atoms with Crippen molar-refractivity contribution in [3.05, 3.63) is 29.3 Å². The third-order valence-electron chi connectivity index (χ3n) is 7.21. The Labute approximate surface area is 226 Å². The standard InChI is InChI=1S/C35H60O/c1-4-7-10-12-14-16-17-18-19-20-21-23-25-28-34-30-33(27-9-6-3)31-35(32-34)36-29-26-24-22-15-13-11-8-5-2/h30-32H,4-8,10-26,28-29H2,1-3H3. The average molecular weight is 497 g/mol. The summed E-state index contributed by atoms with van der Waals surface area (Å²) in [6, 6.07) is 6.69. The Bertz CT molecular complexity index is 665. The van der Waals surface area contributed by atoms with Crippen molar-refractivity contribution in [1.29, 1.82) is 0 Å². The van der Waals surface area contributed by atoms with E-state index in [1.807, 2.05) is 0 Å². The Balaban J connectivity index is 2.21. The molecule has 36 heavy (non-hydrogen) atoms. The van der Waals surface area contributed by atoms with Crippen molar-refractivity contribution in [2.45, 2.75) is 168 Å². The quantitative estimate of drug-likeness (QED) is 0.102. The summed E-state index contributed by atoms with van der Waals surface area (Å²) >= 11 is 0. The van der Waals surface area contributed by atoms with E-state index in [1.54, 1.807) is 0 Å². The fourth-order valence-electron chi connectivity index (χ4n) is 4.92. The predicted octanol–water partition coefficient (Wildman–Crippen LogP) is 11.6. The third-order valence-corrected chi connectivity index (χ3v) is 7.21. The molecule has 1 aromatic rings. The number of unbranched alkanes of at least 4 members (excludes halogenated alkanes) is 19. The summed E-state index contributed by atoms with van der Waals surface area (Å²) in [6.07, 6.45) is 31.0. The van der Waals surface area contributed by atoms with Gasteiger partial charge in [-0.3, -0.25) is 0 Å². The van der Waals surface area contributed by atoms with Gasteiger partial charge in [-0.05, 0) is 43.0 Å². The highest BCUT2D eigenvalue weighted by atomic mass is 16.5. The van der Waals surface area contributed by atoms with Crippen molar-refractivity contribution in [1.82, 2.24) is 0 Å². The lowest BCUT2D eigenvalue weighted by atomic mass is 10.0. The van der Waals surface area contributed by atoms with Crippen molar-refractivity contribution in [3.63, 3.8) is 0 Å². The fraction of sp³-hybridized carbons (Fsp3) is 0.771. The number of benzene rings is 1. The van der Waals surface area contributed by atoms with Crippen LogP contribution in [0.2, 0.25) is 0 Å². The number of hydrogen-bond acceptors (Lipinski definition) is 1. The molecule has 0 aliphatic carbocycles. The SMILES string of the molecule is CCC#Cc1cc(CCCCCCCCCCCCCCC)cc(OCCCCCCCCCC)c1. The molecule has 1 nitrogen and oxygen atoms in total. The van der Waals surface area contributed by atoms with E-state index in [4.69, 9.17) is 4.74 Å². The molecule has 0 fully saturated rings. The van der Waals surface area contributed by atoms with Gasteiger partial charge in [0.1, 0.15) is 5.75 Å². The molecule has 1 aromatic carbocycles. The van der Waals surface area contributed by atoms with E-state index < -0.39 is 0 Å². The second-order valence-electron chi connectivity index (χ2n) is 10.8. The largest absolute Gasteiger partial charge is 0.494 e. The van der Waals surface area contributed by atoms with Crippen LogP contribution in [0.5, 0.6) is 5.75 Å². The van der Waals surface area contributed by atoms with Gasteiger partial charge in [0, 0.05) is 12.0 Å². The molecular weight excluding hydrogens is 436 g/mol. The molecule has 0 saturated carbocycles. The molecule has 0 radical (unpaired) electrons. The highest BCUT2D eigenvalue weighted by Gasteiger charge is 2.03. The fourth-order valence-corrected chi connectivity index (χ4v) is 4.92. The first kappa shape index (κ1) is 32.6. The summed E-state index contributed by atoms with van der Waals surface area (Å²) in [5.74, 6) is 7.58. The van der Waals surface area contributed by atoms with Gasteiger partial charge in [0.15, 0.2) is 0 Å². The first-order chi connectivity index (χ1) is 17.8. The van der Waals surface area contributed by atoms with Crippen LogP contribution in [-0.2, 0) is 6.42 Å². The minimum atomic E-state index is 0.831. The van der Waals surface area contributed by atoms with Crippen LogP contribution in [0.3, 0.4) is 0 Å². The monoisotopic (exact) mass is 496 g/mol. The molecule has 0 aliphatic rings. The van der Waals surface area contributed by atoms with Gasteiger partial charge in [-0.25, -0.2) is 0 Å². The summed E-state index contributed by atoms with van der Waals surface area (Å²) in [7, 11) is 0. The topological polar surface area (TPSA) is 9.23 Å². The Kier molecular flexibility index (Phi) is 22.9. The van der Waals surface area contributed by atoms with Gasteiger partial charge < -0.3 is 4.74 Å². The van der Waals surface area contributed by atoms with Crippen LogP contribution in [0.15, 0.2) is 18.2 Å². The molecule has 1 rings (SSSR count). The van der Waals surface area contributed by atoms with Crippen molar-refractivity contribution >= 4 is 0 Å². The molecule has 0 saturated heterocycles. The van der Waals surface area contributed by atoms with E-state index in [2.05, 4.69) is 50.8 Å². The van der Waals surface area contributed by atoms with Gasteiger partial charge in [-0.15, -0.1) is 0 Å². The second kappa shape index (κ2) is 25.2. The van der Waals surface area contributed by atoms with Crippen molar-refractivity contribution < 1.29 is 4.74 Å². The average Bonchev–Trinajstić information content (AvgIpc) is 2.89. The van der Waals surface area contributed by atoms with Gasteiger partial charge in [-0.2, -0.15) is 0 Å². The van der Waals surface area contributed by atoms with Crippen LogP contribution in [0, 0.1) is 11.8 Å². The normalized spacial score (nSPS) is 10.9. The highest BCUT2D eigenvalue weighted by molar-refractivity contribution is 5.43. The van der Waals surface area contributed by atoms with E-state index in [0.29, 0.717) is 0 Å². The minimum Gasteiger partial charge on any atom is -0.494 e. The molecule has 0 aliphatic heterocycles. The highest BCUT2D eigenvalue weighted by Crippen LogP contribution is 2.20. The molecule has 1 heteroatoms. The number of rotatable bonds is 24. The van der Waals surface area contributed by atoms with Gasteiger partial charge in [0.2, 0.25) is 0 Å². The summed E-state index contributed by atoms with van der Waals surface area (Å²) in [5.41, 5.74) is 2.52. The molecule has 206 valence electrons. The first-order valence-electron chi connectivity index (χ1n) is 16.1. The molecule has 0 N–H and O–H groups in total. The molecule has 0 amide bonds. The van der Waals surface area contributed by atoms with Crippen LogP contribution in [-0.4, -0.2) is 6.61 Å². The zero-order chi connectivity index (χ0) is 25.9. The van der Waals surface area contributed by atoms with Crippen molar-refractivity contribution in [3.8, 4) is 17.6 Å². The van der Waals surface area contributed by atoms with Crippen LogP contribution < -0.4 is 4.74 Å². The zero-order valence-electron chi connectivity index (χ0n) is 24.6. The van der Waals surface area contributed by atoms with E-state index >= 15 is 0 Å². The molecular formula is C35H60O.